The van der Waals surface area contributed by atoms with E-state index in [0.717, 1.165) is 21.9 Å². The SMILES string of the molecule is CNC(C(=O)NC(CN)c1ccc2ccccc2c1)c1cnn(C)c1. The van der Waals surface area contributed by atoms with Crippen LogP contribution >= 0.6 is 0 Å². The first kappa shape index (κ1) is 17.1. The summed E-state index contributed by atoms with van der Waals surface area (Å²) in [5.41, 5.74) is 7.74. The molecule has 1 heterocycles. The summed E-state index contributed by atoms with van der Waals surface area (Å²) >= 11 is 0. The third-order valence-electron chi connectivity index (χ3n) is 4.34. The molecule has 6 heteroatoms. The van der Waals surface area contributed by atoms with Crippen LogP contribution in [-0.4, -0.2) is 29.3 Å². The van der Waals surface area contributed by atoms with Crippen LogP contribution in [0.4, 0.5) is 0 Å². The molecule has 0 fully saturated rings. The van der Waals surface area contributed by atoms with Gasteiger partial charge in [-0.05, 0) is 29.4 Å². The zero-order valence-electron chi connectivity index (χ0n) is 14.4. The Hall–Kier alpha value is -2.70. The Bertz CT molecular complexity index is 873. The molecule has 4 N–H and O–H groups in total. The van der Waals surface area contributed by atoms with Crippen molar-refractivity contribution in [3.8, 4) is 0 Å². The number of likely N-dealkylation sites (N-methyl/N-ethyl adjacent to an activating group) is 1. The summed E-state index contributed by atoms with van der Waals surface area (Å²) in [5.74, 6) is -0.126. The van der Waals surface area contributed by atoms with Crippen LogP contribution in [0.25, 0.3) is 10.8 Å². The Morgan fingerprint density at radius 2 is 1.96 bits per heavy atom. The normalized spacial score (nSPS) is 13.6. The molecular weight excluding hydrogens is 314 g/mol. The highest BCUT2D eigenvalue weighted by Gasteiger charge is 2.23. The first-order valence-corrected chi connectivity index (χ1v) is 8.27. The molecule has 0 aliphatic heterocycles. The maximum Gasteiger partial charge on any atom is 0.242 e. The molecule has 0 saturated heterocycles. The van der Waals surface area contributed by atoms with Gasteiger partial charge < -0.3 is 16.4 Å². The van der Waals surface area contributed by atoms with E-state index in [-0.39, 0.29) is 11.9 Å². The number of carbonyl (C=O) groups excluding carboxylic acids is 1. The Morgan fingerprint density at radius 3 is 2.60 bits per heavy atom. The summed E-state index contributed by atoms with van der Waals surface area (Å²) < 4.78 is 1.68. The molecule has 3 rings (SSSR count). The van der Waals surface area contributed by atoms with Crippen LogP contribution in [0.15, 0.2) is 54.9 Å². The first-order chi connectivity index (χ1) is 12.1. The number of aryl methyl sites for hydroxylation is 1. The number of benzene rings is 2. The van der Waals surface area contributed by atoms with Crippen molar-refractivity contribution in [3.63, 3.8) is 0 Å². The molecular formula is C19H23N5O. The second kappa shape index (κ2) is 7.46. The van der Waals surface area contributed by atoms with Crippen molar-refractivity contribution in [1.29, 1.82) is 0 Å². The summed E-state index contributed by atoms with van der Waals surface area (Å²) in [5, 5.41) is 12.5. The lowest BCUT2D eigenvalue weighted by atomic mass is 10.0. The van der Waals surface area contributed by atoms with E-state index in [2.05, 4.69) is 40.0 Å². The van der Waals surface area contributed by atoms with Gasteiger partial charge in [-0.15, -0.1) is 0 Å². The average Bonchev–Trinajstić information content (AvgIpc) is 3.06. The van der Waals surface area contributed by atoms with Gasteiger partial charge in [0.2, 0.25) is 5.91 Å². The largest absolute Gasteiger partial charge is 0.346 e. The number of carbonyl (C=O) groups is 1. The smallest absolute Gasteiger partial charge is 0.242 e. The molecule has 2 atom stereocenters. The number of nitrogens with zero attached hydrogens (tertiary/aromatic N) is 2. The molecule has 25 heavy (non-hydrogen) atoms. The van der Waals surface area contributed by atoms with Gasteiger partial charge in [0.1, 0.15) is 6.04 Å². The van der Waals surface area contributed by atoms with Crippen LogP contribution in [0.2, 0.25) is 0 Å². The van der Waals surface area contributed by atoms with E-state index in [1.165, 1.54) is 0 Å². The molecule has 2 unspecified atom stereocenters. The fourth-order valence-corrected chi connectivity index (χ4v) is 3.00. The highest BCUT2D eigenvalue weighted by atomic mass is 16.2. The lowest BCUT2D eigenvalue weighted by Crippen LogP contribution is -2.40. The maximum absolute atomic E-state index is 12.7. The van der Waals surface area contributed by atoms with Crippen molar-refractivity contribution in [2.75, 3.05) is 13.6 Å². The lowest BCUT2D eigenvalue weighted by Gasteiger charge is -2.21. The summed E-state index contributed by atoms with van der Waals surface area (Å²) in [7, 11) is 3.58. The van der Waals surface area contributed by atoms with E-state index >= 15 is 0 Å². The van der Waals surface area contributed by atoms with Crippen molar-refractivity contribution in [2.45, 2.75) is 12.1 Å². The monoisotopic (exact) mass is 337 g/mol. The van der Waals surface area contributed by atoms with Crippen molar-refractivity contribution in [3.05, 3.63) is 66.0 Å². The van der Waals surface area contributed by atoms with Crippen LogP contribution in [0.5, 0.6) is 0 Å². The molecule has 0 saturated carbocycles. The van der Waals surface area contributed by atoms with Crippen molar-refractivity contribution in [1.82, 2.24) is 20.4 Å². The highest BCUT2D eigenvalue weighted by Crippen LogP contribution is 2.21. The minimum atomic E-state index is -0.469. The molecule has 6 nitrogen and oxygen atoms in total. The predicted molar refractivity (Wildman–Crippen MR) is 98.9 cm³/mol. The molecule has 0 aliphatic carbocycles. The van der Waals surface area contributed by atoms with Gasteiger partial charge >= 0.3 is 0 Å². The van der Waals surface area contributed by atoms with Crippen LogP contribution in [0.1, 0.15) is 23.2 Å². The zero-order valence-corrected chi connectivity index (χ0v) is 14.4. The summed E-state index contributed by atoms with van der Waals surface area (Å²) in [6.07, 6.45) is 3.52. The molecule has 0 aliphatic rings. The average molecular weight is 337 g/mol. The molecule has 0 radical (unpaired) electrons. The predicted octanol–water partition coefficient (Wildman–Crippen LogP) is 1.65. The topological polar surface area (TPSA) is 85.0 Å². The highest BCUT2D eigenvalue weighted by molar-refractivity contribution is 5.85. The second-order valence-corrected chi connectivity index (χ2v) is 6.07. The number of hydrogen-bond acceptors (Lipinski definition) is 4. The molecule has 2 aromatic carbocycles. The van der Waals surface area contributed by atoms with E-state index in [9.17, 15) is 4.79 Å². The van der Waals surface area contributed by atoms with Crippen LogP contribution in [-0.2, 0) is 11.8 Å². The molecule has 3 aromatic rings. The minimum absolute atomic E-state index is 0.126. The molecule has 130 valence electrons. The van der Waals surface area contributed by atoms with Crippen molar-refractivity contribution >= 4 is 16.7 Å². The number of rotatable bonds is 6. The number of hydrogen-bond donors (Lipinski definition) is 3. The number of amides is 1. The van der Waals surface area contributed by atoms with Gasteiger partial charge in [0.05, 0.1) is 12.2 Å². The third kappa shape index (κ3) is 3.70. The van der Waals surface area contributed by atoms with Crippen molar-refractivity contribution < 1.29 is 4.79 Å². The standard InChI is InChI=1S/C19H23N5O/c1-21-18(16-11-22-24(2)12-16)19(25)23-17(10-20)15-8-7-13-5-3-4-6-14(13)9-15/h3-9,11-12,17-18,21H,10,20H2,1-2H3,(H,23,25). The summed E-state index contributed by atoms with van der Waals surface area (Å²) in [6.45, 7) is 0.327. The van der Waals surface area contributed by atoms with Gasteiger partial charge in [0, 0.05) is 25.4 Å². The van der Waals surface area contributed by atoms with E-state index in [1.54, 1.807) is 17.9 Å². The Balaban J connectivity index is 1.81. The van der Waals surface area contributed by atoms with Gasteiger partial charge in [-0.3, -0.25) is 9.48 Å². The summed E-state index contributed by atoms with van der Waals surface area (Å²) in [6, 6.07) is 13.6. The summed E-state index contributed by atoms with van der Waals surface area (Å²) in [4.78, 5) is 12.7. The molecule has 1 amide bonds. The fourth-order valence-electron chi connectivity index (χ4n) is 3.00. The van der Waals surface area contributed by atoms with E-state index < -0.39 is 6.04 Å². The first-order valence-electron chi connectivity index (χ1n) is 8.27. The van der Waals surface area contributed by atoms with E-state index in [0.29, 0.717) is 6.54 Å². The quantitative estimate of drug-likeness (QED) is 0.638. The maximum atomic E-state index is 12.7. The molecule has 1 aromatic heterocycles. The molecule has 0 bridgehead atoms. The Labute approximate surface area is 147 Å². The lowest BCUT2D eigenvalue weighted by molar-refractivity contribution is -0.123. The third-order valence-corrected chi connectivity index (χ3v) is 4.34. The van der Waals surface area contributed by atoms with Gasteiger partial charge in [-0.25, -0.2) is 0 Å². The second-order valence-electron chi connectivity index (χ2n) is 6.07. The van der Waals surface area contributed by atoms with Crippen molar-refractivity contribution in [2.24, 2.45) is 12.8 Å². The Kier molecular flexibility index (Phi) is 5.11. The van der Waals surface area contributed by atoms with Crippen LogP contribution < -0.4 is 16.4 Å². The number of fused-ring (bicyclic) bond motifs is 1. The fraction of sp³-hybridized carbons (Fsp3) is 0.263. The van der Waals surface area contributed by atoms with Gasteiger partial charge in [0.15, 0.2) is 0 Å². The number of aromatic nitrogens is 2. The zero-order chi connectivity index (χ0) is 17.8. The van der Waals surface area contributed by atoms with Crippen LogP contribution in [0.3, 0.4) is 0 Å². The minimum Gasteiger partial charge on any atom is -0.346 e. The van der Waals surface area contributed by atoms with Crippen LogP contribution in [0, 0.1) is 0 Å². The molecule has 0 spiro atoms. The number of nitrogens with two attached hydrogens (primary N) is 1. The number of nitrogens with one attached hydrogen (secondary N) is 2. The van der Waals surface area contributed by atoms with Gasteiger partial charge in [0.25, 0.3) is 0 Å². The van der Waals surface area contributed by atoms with Gasteiger partial charge in [-0.2, -0.15) is 5.10 Å². The van der Waals surface area contributed by atoms with Gasteiger partial charge in [-0.1, -0.05) is 36.4 Å². The van der Waals surface area contributed by atoms with E-state index in [4.69, 9.17) is 5.73 Å². The Morgan fingerprint density at radius 1 is 1.20 bits per heavy atom. The van der Waals surface area contributed by atoms with E-state index in [1.807, 2.05) is 31.4 Å².